The maximum atomic E-state index is 11.8. The number of aliphatic hydroxyl groups excluding tert-OH is 1. The third kappa shape index (κ3) is 3.74. The van der Waals surface area contributed by atoms with Crippen LogP contribution in [-0.2, 0) is 14.6 Å². The molecule has 8 nitrogen and oxygen atoms in total. The van der Waals surface area contributed by atoms with Crippen LogP contribution in [-0.4, -0.2) is 49.7 Å². The number of aliphatic hydroxyl groups is 1. The predicted octanol–water partition coefficient (Wildman–Crippen LogP) is -0.554. The Bertz CT molecular complexity index is 934. The summed E-state index contributed by atoms with van der Waals surface area (Å²) in [4.78, 5) is 23.0. The Balaban J connectivity index is 1.61. The van der Waals surface area contributed by atoms with Crippen molar-refractivity contribution in [2.45, 2.75) is 12.1 Å². The lowest BCUT2D eigenvalue weighted by Gasteiger charge is -2.15. The quantitative estimate of drug-likeness (QED) is 0.707. The minimum absolute atomic E-state index is 0.291. The topological polar surface area (TPSA) is 123 Å². The number of hydrogen-bond donors (Lipinski definition) is 2. The number of sulfone groups is 1. The molecule has 1 aliphatic heterocycles. The highest BCUT2D eigenvalue weighted by Crippen LogP contribution is 2.19. The van der Waals surface area contributed by atoms with Crippen LogP contribution in [0.4, 0.5) is 0 Å². The molecule has 1 aromatic heterocycles. The van der Waals surface area contributed by atoms with Gasteiger partial charge >= 0.3 is 5.63 Å². The van der Waals surface area contributed by atoms with E-state index in [9.17, 15) is 23.1 Å². The Kier molecular flexibility index (Phi) is 4.29. The van der Waals surface area contributed by atoms with Gasteiger partial charge in [-0.2, -0.15) is 0 Å². The molecule has 24 heavy (non-hydrogen) atoms. The monoisotopic (exact) mass is 353 g/mol. The normalized spacial score (nSPS) is 22.4. The molecular formula is C15H15NO7S. The standard InChI is InChI=1S/C15H15NO7S/c17-12-8-24(20,21)7-11(12)16-14(18)6-22-10-3-1-9-2-4-15(19)23-13(9)5-10/h1-5,11-12,17H,6-8H2,(H,16,18)/t11-,12+/m1/s1. The molecule has 2 atom stereocenters. The first kappa shape index (κ1) is 16.5. The number of hydrogen-bond acceptors (Lipinski definition) is 7. The van der Waals surface area contributed by atoms with E-state index in [-0.39, 0.29) is 18.1 Å². The maximum Gasteiger partial charge on any atom is 0.336 e. The van der Waals surface area contributed by atoms with Crippen LogP contribution >= 0.6 is 0 Å². The van der Waals surface area contributed by atoms with Crippen molar-refractivity contribution < 1.29 is 27.5 Å². The van der Waals surface area contributed by atoms with Crippen LogP contribution in [0, 0.1) is 0 Å². The van der Waals surface area contributed by atoms with E-state index >= 15 is 0 Å². The second-order valence-corrected chi connectivity index (χ2v) is 7.71. The van der Waals surface area contributed by atoms with Crippen molar-refractivity contribution in [2.75, 3.05) is 18.1 Å². The molecule has 0 unspecified atom stereocenters. The van der Waals surface area contributed by atoms with Gasteiger partial charge < -0.3 is 19.6 Å². The molecule has 1 amide bonds. The summed E-state index contributed by atoms with van der Waals surface area (Å²) in [7, 11) is -3.33. The van der Waals surface area contributed by atoms with E-state index in [0.717, 1.165) is 0 Å². The number of ether oxygens (including phenoxy) is 1. The Hall–Kier alpha value is -2.39. The van der Waals surface area contributed by atoms with E-state index in [1.807, 2.05) is 0 Å². The predicted molar refractivity (Wildman–Crippen MR) is 84.6 cm³/mol. The van der Waals surface area contributed by atoms with Crippen molar-refractivity contribution in [3.8, 4) is 5.75 Å². The Labute approximate surface area is 137 Å². The van der Waals surface area contributed by atoms with Gasteiger partial charge in [0.1, 0.15) is 11.3 Å². The first-order valence-corrected chi connectivity index (χ1v) is 8.99. The van der Waals surface area contributed by atoms with Crippen LogP contribution in [0.25, 0.3) is 11.0 Å². The van der Waals surface area contributed by atoms with E-state index in [1.54, 1.807) is 18.2 Å². The number of carbonyl (C=O) groups excluding carboxylic acids is 1. The van der Waals surface area contributed by atoms with Crippen molar-refractivity contribution >= 4 is 26.7 Å². The summed E-state index contributed by atoms with van der Waals surface area (Å²) in [5, 5.41) is 12.8. The minimum Gasteiger partial charge on any atom is -0.484 e. The van der Waals surface area contributed by atoms with Gasteiger partial charge in [-0.15, -0.1) is 0 Å². The van der Waals surface area contributed by atoms with E-state index < -0.39 is 33.5 Å². The molecule has 0 aliphatic carbocycles. The van der Waals surface area contributed by atoms with Gasteiger partial charge in [0.15, 0.2) is 16.4 Å². The van der Waals surface area contributed by atoms with E-state index in [4.69, 9.17) is 9.15 Å². The highest BCUT2D eigenvalue weighted by molar-refractivity contribution is 7.91. The summed E-state index contributed by atoms with van der Waals surface area (Å²) in [6.07, 6.45) is -1.12. The highest BCUT2D eigenvalue weighted by atomic mass is 32.2. The van der Waals surface area contributed by atoms with Gasteiger partial charge in [-0.3, -0.25) is 4.79 Å². The molecule has 1 aliphatic rings. The minimum atomic E-state index is -3.33. The van der Waals surface area contributed by atoms with Crippen LogP contribution in [0.2, 0.25) is 0 Å². The number of rotatable bonds is 4. The summed E-state index contributed by atoms with van der Waals surface area (Å²) in [5.41, 5.74) is -0.161. The van der Waals surface area contributed by atoms with Gasteiger partial charge in [0.25, 0.3) is 5.91 Å². The fourth-order valence-electron chi connectivity index (χ4n) is 2.49. The summed E-state index contributed by atoms with van der Waals surface area (Å²) in [6, 6.07) is 6.86. The van der Waals surface area contributed by atoms with Gasteiger partial charge in [0, 0.05) is 17.5 Å². The van der Waals surface area contributed by atoms with Crippen LogP contribution in [0.3, 0.4) is 0 Å². The fourth-order valence-corrected chi connectivity index (χ4v) is 4.24. The zero-order chi connectivity index (χ0) is 17.3. The first-order valence-electron chi connectivity index (χ1n) is 7.17. The van der Waals surface area contributed by atoms with Crippen molar-refractivity contribution in [1.82, 2.24) is 5.32 Å². The molecular weight excluding hydrogens is 338 g/mol. The van der Waals surface area contributed by atoms with Gasteiger partial charge in [0.05, 0.1) is 23.7 Å². The van der Waals surface area contributed by atoms with Crippen LogP contribution in [0.15, 0.2) is 39.5 Å². The highest BCUT2D eigenvalue weighted by Gasteiger charge is 2.37. The second-order valence-electron chi connectivity index (χ2n) is 5.56. The molecule has 0 saturated carbocycles. The summed E-state index contributed by atoms with van der Waals surface area (Å²) >= 11 is 0. The maximum absolute atomic E-state index is 11.8. The molecule has 3 rings (SSSR count). The lowest BCUT2D eigenvalue weighted by atomic mass is 10.2. The van der Waals surface area contributed by atoms with Crippen LogP contribution < -0.4 is 15.7 Å². The molecule has 1 saturated heterocycles. The lowest BCUT2D eigenvalue weighted by molar-refractivity contribution is -0.124. The zero-order valence-corrected chi connectivity index (χ0v) is 13.3. The lowest BCUT2D eigenvalue weighted by Crippen LogP contribution is -2.44. The number of carbonyl (C=O) groups is 1. The average Bonchev–Trinajstić information content (AvgIpc) is 2.76. The van der Waals surface area contributed by atoms with Crippen molar-refractivity contribution in [1.29, 1.82) is 0 Å². The fraction of sp³-hybridized carbons (Fsp3) is 0.333. The molecule has 128 valence electrons. The summed E-state index contributed by atoms with van der Waals surface area (Å²) < 4.78 is 33.1. The van der Waals surface area contributed by atoms with Gasteiger partial charge in [-0.1, -0.05) is 0 Å². The van der Waals surface area contributed by atoms with Crippen LogP contribution in [0.1, 0.15) is 0 Å². The Morgan fingerprint density at radius 2 is 2.04 bits per heavy atom. The molecule has 2 N–H and O–H groups in total. The molecule has 0 spiro atoms. The van der Waals surface area contributed by atoms with Gasteiger partial charge in [0.2, 0.25) is 0 Å². The smallest absolute Gasteiger partial charge is 0.336 e. The molecule has 2 heterocycles. The molecule has 1 fully saturated rings. The second kappa shape index (κ2) is 6.25. The van der Waals surface area contributed by atoms with E-state index in [1.165, 1.54) is 12.1 Å². The Morgan fingerprint density at radius 3 is 2.75 bits per heavy atom. The van der Waals surface area contributed by atoms with Gasteiger partial charge in [-0.05, 0) is 18.2 Å². The van der Waals surface area contributed by atoms with Crippen molar-refractivity contribution in [2.24, 2.45) is 0 Å². The largest absolute Gasteiger partial charge is 0.484 e. The number of benzene rings is 1. The molecule has 9 heteroatoms. The van der Waals surface area contributed by atoms with Crippen molar-refractivity contribution in [3.63, 3.8) is 0 Å². The van der Waals surface area contributed by atoms with Crippen molar-refractivity contribution in [3.05, 3.63) is 40.8 Å². The molecule has 2 aromatic rings. The summed E-state index contributed by atoms with van der Waals surface area (Å²) in [5.74, 6) is -0.874. The number of amides is 1. The third-order valence-corrected chi connectivity index (χ3v) is 5.35. The Morgan fingerprint density at radius 1 is 1.29 bits per heavy atom. The summed E-state index contributed by atoms with van der Waals surface area (Å²) in [6.45, 7) is -0.355. The van der Waals surface area contributed by atoms with Crippen LogP contribution in [0.5, 0.6) is 5.75 Å². The third-order valence-electron chi connectivity index (χ3n) is 3.63. The average molecular weight is 353 g/mol. The van der Waals surface area contributed by atoms with E-state index in [0.29, 0.717) is 16.7 Å². The number of fused-ring (bicyclic) bond motifs is 1. The molecule has 0 radical (unpaired) electrons. The van der Waals surface area contributed by atoms with Gasteiger partial charge in [-0.25, -0.2) is 13.2 Å². The molecule has 0 bridgehead atoms. The number of nitrogens with one attached hydrogen (secondary N) is 1. The first-order chi connectivity index (χ1) is 11.3. The SMILES string of the molecule is O=C(COc1ccc2ccc(=O)oc2c1)N[C@@H]1CS(=O)(=O)C[C@@H]1O. The molecule has 1 aromatic carbocycles. The zero-order valence-electron chi connectivity index (χ0n) is 12.5. The van der Waals surface area contributed by atoms with E-state index in [2.05, 4.69) is 5.32 Å².